The summed E-state index contributed by atoms with van der Waals surface area (Å²) in [6, 6.07) is 10.1. The molecular formula is C21H27NO4. The third kappa shape index (κ3) is 3.58. The van der Waals surface area contributed by atoms with Crippen molar-refractivity contribution in [1.29, 1.82) is 0 Å². The van der Waals surface area contributed by atoms with Gasteiger partial charge in [0.15, 0.2) is 11.5 Å². The third-order valence-corrected chi connectivity index (χ3v) is 4.61. The van der Waals surface area contributed by atoms with Gasteiger partial charge in [-0.2, -0.15) is 0 Å². The molecule has 0 spiro atoms. The van der Waals surface area contributed by atoms with Gasteiger partial charge in [-0.25, -0.2) is 0 Å². The molecule has 0 saturated heterocycles. The number of fused-ring (bicyclic) bond motifs is 1. The van der Waals surface area contributed by atoms with Crippen LogP contribution < -0.4 is 24.3 Å². The monoisotopic (exact) mass is 357 g/mol. The molecule has 3 rings (SSSR count). The normalized spacial score (nSPS) is 15.9. The highest BCUT2D eigenvalue weighted by atomic mass is 16.5. The van der Waals surface area contributed by atoms with Gasteiger partial charge in [0, 0.05) is 12.1 Å². The van der Waals surface area contributed by atoms with Crippen LogP contribution in [-0.4, -0.2) is 34.0 Å². The Hall–Kier alpha value is -2.40. The van der Waals surface area contributed by atoms with E-state index in [-0.39, 0.29) is 6.04 Å². The molecule has 0 bridgehead atoms. The Bertz CT molecular complexity index is 760. The maximum atomic E-state index is 5.83. The van der Waals surface area contributed by atoms with Crippen LogP contribution in [0.25, 0.3) is 0 Å². The van der Waals surface area contributed by atoms with E-state index in [1.54, 1.807) is 14.2 Å². The summed E-state index contributed by atoms with van der Waals surface area (Å²) in [5.41, 5.74) is 3.51. The van der Waals surface area contributed by atoms with Gasteiger partial charge in [0.25, 0.3) is 0 Å². The summed E-state index contributed by atoms with van der Waals surface area (Å²) < 4.78 is 22.6. The van der Waals surface area contributed by atoms with Gasteiger partial charge in [0.2, 0.25) is 0 Å². The van der Waals surface area contributed by atoms with Gasteiger partial charge in [-0.1, -0.05) is 0 Å². The lowest BCUT2D eigenvalue weighted by molar-refractivity contribution is 0.286. The van der Waals surface area contributed by atoms with Crippen molar-refractivity contribution in [2.75, 3.05) is 34.0 Å². The second kappa shape index (κ2) is 8.32. The fraction of sp³-hybridized carbons (Fsp3) is 0.429. The first-order valence-electron chi connectivity index (χ1n) is 9.09. The van der Waals surface area contributed by atoms with Crippen LogP contribution in [0, 0.1) is 0 Å². The summed E-state index contributed by atoms with van der Waals surface area (Å²) in [5.74, 6) is 3.24. The van der Waals surface area contributed by atoms with Crippen molar-refractivity contribution in [3.63, 3.8) is 0 Å². The van der Waals surface area contributed by atoms with Crippen molar-refractivity contribution < 1.29 is 18.9 Å². The van der Waals surface area contributed by atoms with Crippen molar-refractivity contribution in [2.24, 2.45) is 0 Å². The number of methoxy groups -OCH3 is 2. The molecular weight excluding hydrogens is 330 g/mol. The highest BCUT2D eigenvalue weighted by Crippen LogP contribution is 2.40. The number of benzene rings is 2. The lowest BCUT2D eigenvalue weighted by Gasteiger charge is -2.30. The molecule has 0 aliphatic carbocycles. The Kier molecular flexibility index (Phi) is 5.89. The first-order chi connectivity index (χ1) is 12.7. The van der Waals surface area contributed by atoms with E-state index in [4.69, 9.17) is 18.9 Å². The molecule has 0 amide bonds. The maximum Gasteiger partial charge on any atom is 0.161 e. The molecule has 1 heterocycles. The van der Waals surface area contributed by atoms with Crippen LogP contribution in [0.5, 0.6) is 23.0 Å². The highest BCUT2D eigenvalue weighted by Gasteiger charge is 2.26. The molecule has 1 N–H and O–H groups in total. The van der Waals surface area contributed by atoms with Crippen molar-refractivity contribution in [1.82, 2.24) is 5.32 Å². The second-order valence-corrected chi connectivity index (χ2v) is 6.11. The first-order valence-corrected chi connectivity index (χ1v) is 9.09. The van der Waals surface area contributed by atoms with E-state index in [0.29, 0.717) is 13.2 Å². The zero-order valence-corrected chi connectivity index (χ0v) is 15.9. The van der Waals surface area contributed by atoms with Gasteiger partial charge in [0.1, 0.15) is 11.5 Å². The minimum atomic E-state index is 0.0127. The quantitative estimate of drug-likeness (QED) is 0.818. The Labute approximate surface area is 155 Å². The van der Waals surface area contributed by atoms with E-state index in [1.807, 2.05) is 32.0 Å². The molecule has 0 fully saturated rings. The van der Waals surface area contributed by atoms with Gasteiger partial charge in [-0.3, -0.25) is 0 Å². The topological polar surface area (TPSA) is 49.0 Å². The Morgan fingerprint density at radius 2 is 1.62 bits per heavy atom. The molecule has 0 radical (unpaired) electrons. The van der Waals surface area contributed by atoms with Crippen molar-refractivity contribution in [3.05, 3.63) is 47.0 Å². The van der Waals surface area contributed by atoms with E-state index in [1.165, 1.54) is 11.1 Å². The van der Waals surface area contributed by atoms with Crippen LogP contribution in [0.2, 0.25) is 0 Å². The molecule has 1 aliphatic heterocycles. The lowest BCUT2D eigenvalue weighted by Crippen LogP contribution is -2.31. The van der Waals surface area contributed by atoms with Gasteiger partial charge < -0.3 is 24.3 Å². The molecule has 0 saturated carbocycles. The lowest BCUT2D eigenvalue weighted by atomic mass is 9.88. The summed E-state index contributed by atoms with van der Waals surface area (Å²) in [7, 11) is 3.37. The molecule has 5 heteroatoms. The number of rotatable bonds is 7. The molecule has 26 heavy (non-hydrogen) atoms. The van der Waals surface area contributed by atoms with Gasteiger partial charge >= 0.3 is 0 Å². The number of hydrogen-bond acceptors (Lipinski definition) is 5. The van der Waals surface area contributed by atoms with Crippen LogP contribution >= 0.6 is 0 Å². The predicted molar refractivity (Wildman–Crippen MR) is 102 cm³/mol. The second-order valence-electron chi connectivity index (χ2n) is 6.11. The number of ether oxygens (including phenoxy) is 4. The first kappa shape index (κ1) is 18.4. The molecule has 2 aromatic rings. The molecule has 140 valence electrons. The van der Waals surface area contributed by atoms with Gasteiger partial charge in [-0.05, 0) is 61.7 Å². The minimum Gasteiger partial charge on any atom is -0.497 e. The van der Waals surface area contributed by atoms with E-state index in [2.05, 4.69) is 17.4 Å². The van der Waals surface area contributed by atoms with Gasteiger partial charge in [0.05, 0.1) is 33.5 Å². The van der Waals surface area contributed by atoms with Crippen molar-refractivity contribution >= 4 is 0 Å². The Morgan fingerprint density at radius 3 is 2.27 bits per heavy atom. The van der Waals surface area contributed by atoms with Crippen LogP contribution in [0.3, 0.4) is 0 Å². The predicted octanol–water partition coefficient (Wildman–Crippen LogP) is 3.74. The summed E-state index contributed by atoms with van der Waals surface area (Å²) >= 11 is 0. The standard InChI is InChI=1S/C21H27NO4/c1-5-25-19-11-14-9-10-22-21(16(14)13-20(19)26-6-2)17-12-15(23-3)7-8-18(17)24-4/h7-8,11-13,21-22H,5-6,9-10H2,1-4H3/t21-/m1/s1. The van der Waals surface area contributed by atoms with E-state index < -0.39 is 0 Å². The molecule has 0 unspecified atom stereocenters. The molecule has 1 atom stereocenters. The summed E-state index contributed by atoms with van der Waals surface area (Å²) in [6.07, 6.45) is 0.949. The number of nitrogens with one attached hydrogen (secondary N) is 1. The Balaban J connectivity index is 2.10. The van der Waals surface area contributed by atoms with Crippen molar-refractivity contribution in [2.45, 2.75) is 26.3 Å². The average Bonchev–Trinajstić information content (AvgIpc) is 2.68. The zero-order valence-electron chi connectivity index (χ0n) is 15.9. The highest BCUT2D eigenvalue weighted by molar-refractivity contribution is 5.54. The third-order valence-electron chi connectivity index (χ3n) is 4.61. The molecule has 1 aliphatic rings. The molecule has 2 aromatic carbocycles. The molecule has 0 aromatic heterocycles. The van der Waals surface area contributed by atoms with Crippen LogP contribution in [0.15, 0.2) is 30.3 Å². The largest absolute Gasteiger partial charge is 0.497 e. The van der Waals surface area contributed by atoms with Crippen LogP contribution in [-0.2, 0) is 6.42 Å². The zero-order chi connectivity index (χ0) is 18.5. The smallest absolute Gasteiger partial charge is 0.161 e. The van der Waals surface area contributed by atoms with Crippen LogP contribution in [0.1, 0.15) is 36.6 Å². The van der Waals surface area contributed by atoms with Gasteiger partial charge in [-0.15, -0.1) is 0 Å². The molecule has 5 nitrogen and oxygen atoms in total. The van der Waals surface area contributed by atoms with E-state index in [9.17, 15) is 0 Å². The van der Waals surface area contributed by atoms with E-state index >= 15 is 0 Å². The van der Waals surface area contributed by atoms with Crippen LogP contribution in [0.4, 0.5) is 0 Å². The fourth-order valence-corrected chi connectivity index (χ4v) is 3.44. The summed E-state index contributed by atoms with van der Waals surface area (Å²) in [5, 5.41) is 3.61. The minimum absolute atomic E-state index is 0.0127. The Morgan fingerprint density at radius 1 is 0.885 bits per heavy atom. The SMILES string of the molecule is CCOc1cc2c(cc1OCC)[C@H](c1cc(OC)ccc1OC)NCC2. The fourth-order valence-electron chi connectivity index (χ4n) is 3.44. The summed E-state index contributed by atoms with van der Waals surface area (Å²) in [6.45, 7) is 6.07. The van der Waals surface area contributed by atoms with E-state index in [0.717, 1.165) is 41.5 Å². The van der Waals surface area contributed by atoms with Crippen molar-refractivity contribution in [3.8, 4) is 23.0 Å². The average molecular weight is 357 g/mol. The maximum absolute atomic E-state index is 5.83. The number of hydrogen-bond donors (Lipinski definition) is 1. The summed E-state index contributed by atoms with van der Waals surface area (Å²) in [4.78, 5) is 0.